The molecule has 2 heterocycles. The summed E-state index contributed by atoms with van der Waals surface area (Å²) in [6.07, 6.45) is 1.86. The second-order valence-electron chi connectivity index (χ2n) is 4.86. The molecule has 104 valence electrons. The SMILES string of the molecule is CCOC(C)Cn1c(N)nc2cnc3ccccc3c21. The van der Waals surface area contributed by atoms with Crippen LogP contribution >= 0.6 is 0 Å². The van der Waals surface area contributed by atoms with Crippen LogP contribution in [0, 0.1) is 0 Å². The van der Waals surface area contributed by atoms with Crippen molar-refractivity contribution in [3.63, 3.8) is 0 Å². The maximum Gasteiger partial charge on any atom is 0.201 e. The molecule has 0 saturated heterocycles. The monoisotopic (exact) mass is 270 g/mol. The third-order valence-electron chi connectivity index (χ3n) is 3.40. The zero-order valence-corrected chi connectivity index (χ0v) is 11.7. The second-order valence-corrected chi connectivity index (χ2v) is 4.86. The van der Waals surface area contributed by atoms with Gasteiger partial charge in [-0.1, -0.05) is 18.2 Å². The molecule has 1 aromatic carbocycles. The third kappa shape index (κ3) is 2.10. The summed E-state index contributed by atoms with van der Waals surface area (Å²) in [6.45, 7) is 5.41. The molecule has 0 bridgehead atoms. The number of fused-ring (bicyclic) bond motifs is 3. The Morgan fingerprint density at radius 3 is 2.90 bits per heavy atom. The first kappa shape index (κ1) is 12.9. The van der Waals surface area contributed by atoms with Crippen LogP contribution in [0.25, 0.3) is 21.9 Å². The van der Waals surface area contributed by atoms with Gasteiger partial charge in [-0.3, -0.25) is 4.98 Å². The first-order valence-corrected chi connectivity index (χ1v) is 6.81. The van der Waals surface area contributed by atoms with Crippen molar-refractivity contribution in [1.29, 1.82) is 0 Å². The Kier molecular flexibility index (Phi) is 3.28. The lowest BCUT2D eigenvalue weighted by Gasteiger charge is -2.14. The second kappa shape index (κ2) is 5.09. The van der Waals surface area contributed by atoms with Crippen molar-refractivity contribution in [2.45, 2.75) is 26.5 Å². The quantitative estimate of drug-likeness (QED) is 0.791. The minimum Gasteiger partial charge on any atom is -0.377 e. The van der Waals surface area contributed by atoms with E-state index in [9.17, 15) is 0 Å². The van der Waals surface area contributed by atoms with Crippen molar-refractivity contribution < 1.29 is 4.74 Å². The van der Waals surface area contributed by atoms with E-state index in [-0.39, 0.29) is 6.10 Å². The summed E-state index contributed by atoms with van der Waals surface area (Å²) in [5.74, 6) is 0.504. The van der Waals surface area contributed by atoms with Crippen molar-refractivity contribution >= 4 is 27.9 Å². The average molecular weight is 270 g/mol. The molecule has 0 aliphatic heterocycles. The Morgan fingerprint density at radius 1 is 1.30 bits per heavy atom. The number of hydrogen-bond acceptors (Lipinski definition) is 4. The molecular weight excluding hydrogens is 252 g/mol. The number of ether oxygens (including phenoxy) is 1. The van der Waals surface area contributed by atoms with Gasteiger partial charge in [-0.25, -0.2) is 4.98 Å². The molecule has 2 N–H and O–H groups in total. The number of nitrogens with two attached hydrogens (primary N) is 1. The van der Waals surface area contributed by atoms with Gasteiger partial charge in [0.25, 0.3) is 0 Å². The Morgan fingerprint density at radius 2 is 2.10 bits per heavy atom. The molecule has 3 rings (SSSR count). The van der Waals surface area contributed by atoms with E-state index in [1.54, 1.807) is 6.20 Å². The molecule has 5 heteroatoms. The number of nitrogen functional groups attached to an aromatic ring is 1. The predicted octanol–water partition coefficient (Wildman–Crippen LogP) is 2.59. The highest BCUT2D eigenvalue weighted by Crippen LogP contribution is 2.25. The molecule has 20 heavy (non-hydrogen) atoms. The van der Waals surface area contributed by atoms with E-state index < -0.39 is 0 Å². The molecule has 0 fully saturated rings. The summed E-state index contributed by atoms with van der Waals surface area (Å²) in [5.41, 5.74) is 8.86. The highest BCUT2D eigenvalue weighted by Gasteiger charge is 2.14. The lowest BCUT2D eigenvalue weighted by atomic mass is 10.2. The highest BCUT2D eigenvalue weighted by atomic mass is 16.5. The van der Waals surface area contributed by atoms with Crippen LogP contribution in [0.4, 0.5) is 5.95 Å². The highest BCUT2D eigenvalue weighted by molar-refractivity contribution is 6.02. The molecular formula is C15H18N4O. The molecule has 5 nitrogen and oxygen atoms in total. The number of benzene rings is 1. The van der Waals surface area contributed by atoms with Gasteiger partial charge in [0, 0.05) is 12.0 Å². The number of nitrogens with zero attached hydrogens (tertiary/aromatic N) is 3. The molecule has 0 spiro atoms. The van der Waals surface area contributed by atoms with Crippen molar-refractivity contribution in [1.82, 2.24) is 14.5 Å². The van der Waals surface area contributed by atoms with Gasteiger partial charge in [-0.05, 0) is 19.9 Å². The minimum absolute atomic E-state index is 0.0895. The number of anilines is 1. The van der Waals surface area contributed by atoms with Gasteiger partial charge >= 0.3 is 0 Å². The lowest BCUT2D eigenvalue weighted by molar-refractivity contribution is 0.0652. The van der Waals surface area contributed by atoms with Gasteiger partial charge in [0.1, 0.15) is 5.52 Å². The zero-order chi connectivity index (χ0) is 14.1. The molecule has 0 amide bonds. The molecule has 0 radical (unpaired) electrons. The van der Waals surface area contributed by atoms with Crippen LogP contribution in [0.3, 0.4) is 0 Å². The molecule has 1 atom stereocenters. The summed E-state index contributed by atoms with van der Waals surface area (Å²) in [4.78, 5) is 8.82. The molecule has 1 unspecified atom stereocenters. The van der Waals surface area contributed by atoms with Gasteiger partial charge in [-0.2, -0.15) is 0 Å². The maximum atomic E-state index is 6.06. The largest absolute Gasteiger partial charge is 0.377 e. The Hall–Kier alpha value is -2.14. The fourth-order valence-corrected chi connectivity index (χ4v) is 2.56. The molecule has 0 saturated carbocycles. The van der Waals surface area contributed by atoms with Crippen LogP contribution in [0.2, 0.25) is 0 Å². The van der Waals surface area contributed by atoms with Gasteiger partial charge < -0.3 is 15.0 Å². The number of aromatic nitrogens is 3. The average Bonchev–Trinajstić information content (AvgIpc) is 2.76. The van der Waals surface area contributed by atoms with Gasteiger partial charge in [0.2, 0.25) is 5.95 Å². The minimum atomic E-state index is 0.0895. The lowest BCUT2D eigenvalue weighted by Crippen LogP contribution is -2.18. The van der Waals surface area contributed by atoms with E-state index in [0.717, 1.165) is 21.9 Å². The molecule has 0 aliphatic rings. The number of hydrogen-bond donors (Lipinski definition) is 1. The zero-order valence-electron chi connectivity index (χ0n) is 11.7. The van der Waals surface area contributed by atoms with Crippen LogP contribution < -0.4 is 5.73 Å². The van der Waals surface area contributed by atoms with E-state index in [4.69, 9.17) is 10.5 Å². The standard InChI is InChI=1S/C15H18N4O/c1-3-20-10(2)9-19-14-11-6-4-5-7-12(11)17-8-13(14)18-15(19)16/h4-8,10H,3,9H2,1-2H3,(H2,16,18). The molecule has 2 aromatic heterocycles. The Labute approximate surface area is 117 Å². The first-order chi connectivity index (χ1) is 9.70. The van der Waals surface area contributed by atoms with Crippen LogP contribution in [-0.2, 0) is 11.3 Å². The van der Waals surface area contributed by atoms with E-state index >= 15 is 0 Å². The summed E-state index contributed by atoms with van der Waals surface area (Å²) in [6, 6.07) is 8.03. The van der Waals surface area contributed by atoms with Crippen molar-refractivity contribution in [2.75, 3.05) is 12.3 Å². The fourth-order valence-electron chi connectivity index (χ4n) is 2.56. The number of rotatable bonds is 4. The maximum absolute atomic E-state index is 6.06. The normalized spacial score (nSPS) is 13.1. The van der Waals surface area contributed by atoms with Gasteiger partial charge in [-0.15, -0.1) is 0 Å². The van der Waals surface area contributed by atoms with E-state index in [1.165, 1.54) is 0 Å². The first-order valence-electron chi connectivity index (χ1n) is 6.81. The smallest absolute Gasteiger partial charge is 0.201 e. The van der Waals surface area contributed by atoms with Gasteiger partial charge in [0.15, 0.2) is 0 Å². The van der Waals surface area contributed by atoms with Crippen LogP contribution in [0.1, 0.15) is 13.8 Å². The van der Waals surface area contributed by atoms with Crippen molar-refractivity contribution in [3.8, 4) is 0 Å². The van der Waals surface area contributed by atoms with Crippen molar-refractivity contribution in [3.05, 3.63) is 30.5 Å². The predicted molar refractivity (Wildman–Crippen MR) is 80.5 cm³/mol. The van der Waals surface area contributed by atoms with E-state index in [2.05, 4.69) is 9.97 Å². The number of imidazole rings is 1. The van der Waals surface area contributed by atoms with Gasteiger partial charge in [0.05, 0.1) is 29.9 Å². The summed E-state index contributed by atoms with van der Waals surface area (Å²) >= 11 is 0. The van der Waals surface area contributed by atoms with E-state index in [0.29, 0.717) is 19.1 Å². The van der Waals surface area contributed by atoms with Crippen LogP contribution in [0.5, 0.6) is 0 Å². The number of para-hydroxylation sites is 1. The Balaban J connectivity index is 2.19. The topological polar surface area (TPSA) is 66.0 Å². The summed E-state index contributed by atoms with van der Waals surface area (Å²) < 4.78 is 7.62. The van der Waals surface area contributed by atoms with E-state index in [1.807, 2.05) is 42.7 Å². The van der Waals surface area contributed by atoms with Crippen LogP contribution in [-0.4, -0.2) is 27.2 Å². The fraction of sp³-hybridized carbons (Fsp3) is 0.333. The third-order valence-corrected chi connectivity index (χ3v) is 3.40. The Bertz CT molecular complexity index is 750. The summed E-state index contributed by atoms with van der Waals surface area (Å²) in [5, 5.41) is 1.07. The molecule has 0 aliphatic carbocycles. The molecule has 3 aromatic rings. The summed E-state index contributed by atoms with van der Waals surface area (Å²) in [7, 11) is 0. The van der Waals surface area contributed by atoms with Crippen molar-refractivity contribution in [2.24, 2.45) is 0 Å². The number of pyridine rings is 1. The van der Waals surface area contributed by atoms with Crippen LogP contribution in [0.15, 0.2) is 30.5 Å².